The zero-order chi connectivity index (χ0) is 66.6. The topological polar surface area (TPSA) is 407 Å². The number of hydrogen-bond acceptors (Lipinski definition) is 19. The molecule has 0 bridgehead atoms. The Morgan fingerprint density at radius 1 is 0.589 bits per heavy atom. The van der Waals surface area contributed by atoms with E-state index in [4.69, 9.17) is 50.4 Å². The van der Waals surface area contributed by atoms with Gasteiger partial charge in [-0.1, -0.05) is 26.8 Å². The highest BCUT2D eigenvalue weighted by molar-refractivity contribution is 5.96. The second-order valence-corrected chi connectivity index (χ2v) is 21.2. The molecule has 1 aromatic heterocycles. The van der Waals surface area contributed by atoms with Crippen molar-refractivity contribution in [2.75, 3.05) is 48.6 Å². The average molecular weight is 1310 g/mol. The molecule has 90 heavy (non-hydrogen) atoms. The number of amides is 4. The first-order valence-electron chi connectivity index (χ1n) is 28.6. The molecule has 2 saturated heterocycles. The number of carboxylic acid groups (broad SMARTS) is 2. The number of halogens is 2. The van der Waals surface area contributed by atoms with Gasteiger partial charge in [0.2, 0.25) is 23.6 Å². The van der Waals surface area contributed by atoms with Gasteiger partial charge in [0, 0.05) is 85.7 Å². The molecule has 2 saturated carbocycles. The number of esters is 4. The zero-order valence-corrected chi connectivity index (χ0v) is 53.9. The van der Waals surface area contributed by atoms with E-state index >= 15 is 0 Å². The Balaban J connectivity index is 0. The molecule has 500 valence electrons. The van der Waals surface area contributed by atoms with E-state index in [1.165, 1.54) is 28.4 Å². The van der Waals surface area contributed by atoms with E-state index in [1.807, 2.05) is 12.1 Å². The number of benzene rings is 1. The summed E-state index contributed by atoms with van der Waals surface area (Å²) >= 11 is 0. The minimum absolute atomic E-state index is 0. The number of carbonyl (C=O) groups is 12. The maximum Gasteiger partial charge on any atom is 0.352 e. The number of carboxylic acids is 2. The SMILES string of the molecule is C#CC[C@H](C)C(=O)N[C@@H](C[C@@H]1CCCC1=O)C(=O)OC.C#CC[C@H](C)C(=O)O.C#CC[C@H](N)C(=O)N[C@@H](C[C@@H]1CCCC1=O)C(=O)OC.COC(=O)[C@@H](C)C[C@@H]1CCNC1=O.COC(=O)[C@@H](N)C[C@@H]1CCNC1=O.COc1cccc2[nH]c(C(=O)O)cc12.Cl.Cl. The van der Waals surface area contributed by atoms with Gasteiger partial charge in [-0.25, -0.2) is 14.4 Å². The first-order chi connectivity index (χ1) is 41.7. The van der Waals surface area contributed by atoms with Gasteiger partial charge in [-0.3, -0.25) is 43.2 Å². The summed E-state index contributed by atoms with van der Waals surface area (Å²) in [4.78, 5) is 138. The molecule has 1 aromatic carbocycles. The number of hydrogen-bond donors (Lipinski definition) is 9. The van der Waals surface area contributed by atoms with Gasteiger partial charge in [-0.15, -0.1) is 61.8 Å². The summed E-state index contributed by atoms with van der Waals surface area (Å²) in [7, 11) is 6.72. The zero-order valence-electron chi connectivity index (χ0n) is 52.2. The van der Waals surface area contributed by atoms with Crippen molar-refractivity contribution in [2.24, 2.45) is 52.9 Å². The molecule has 4 amide bonds. The maximum absolute atomic E-state index is 11.9. The molecule has 26 nitrogen and oxygen atoms in total. The highest BCUT2D eigenvalue weighted by Crippen LogP contribution is 2.28. The lowest BCUT2D eigenvalue weighted by molar-refractivity contribution is -0.146. The number of aliphatic carboxylic acids is 1. The van der Waals surface area contributed by atoms with Gasteiger partial charge in [0.05, 0.1) is 53.4 Å². The first-order valence-corrected chi connectivity index (χ1v) is 28.6. The summed E-state index contributed by atoms with van der Waals surface area (Å²) in [6.45, 7) is 6.48. The number of rotatable bonds is 22. The molecule has 11 atom stereocenters. The molecule has 0 spiro atoms. The predicted molar refractivity (Wildman–Crippen MR) is 335 cm³/mol. The number of aromatic amines is 1. The molecule has 28 heteroatoms. The summed E-state index contributed by atoms with van der Waals surface area (Å²) in [5, 5.41) is 28.4. The normalized spacial score (nSPS) is 18.8. The van der Waals surface area contributed by atoms with Crippen LogP contribution in [0.5, 0.6) is 5.75 Å². The number of aromatic carboxylic acids is 1. The molecule has 4 aliphatic rings. The van der Waals surface area contributed by atoms with Gasteiger partial charge in [0.15, 0.2) is 0 Å². The van der Waals surface area contributed by atoms with Crippen LogP contribution in [-0.4, -0.2) is 159 Å². The van der Waals surface area contributed by atoms with Crippen LogP contribution in [0.1, 0.15) is 128 Å². The lowest BCUT2D eigenvalue weighted by Crippen LogP contribution is -2.49. The third kappa shape index (κ3) is 29.9. The second kappa shape index (κ2) is 45.1. The highest BCUT2D eigenvalue weighted by Gasteiger charge is 2.35. The molecule has 0 radical (unpaired) electrons. The number of Topliss-reactive ketones (excluding diaryl/α,β-unsaturated/α-hetero) is 2. The van der Waals surface area contributed by atoms with Crippen molar-refractivity contribution in [1.82, 2.24) is 26.3 Å². The first kappa shape index (κ1) is 83.8. The quantitative estimate of drug-likeness (QED) is 0.0462. The van der Waals surface area contributed by atoms with Crippen LogP contribution in [0, 0.1) is 78.5 Å². The molecule has 0 unspecified atom stereocenters. The fourth-order valence-electron chi connectivity index (χ4n) is 9.34. The van der Waals surface area contributed by atoms with E-state index in [2.05, 4.69) is 58.2 Å². The van der Waals surface area contributed by atoms with E-state index in [0.29, 0.717) is 57.2 Å². The smallest absolute Gasteiger partial charge is 0.352 e. The van der Waals surface area contributed by atoms with Crippen LogP contribution in [0.15, 0.2) is 24.3 Å². The van der Waals surface area contributed by atoms with E-state index in [1.54, 1.807) is 40.0 Å². The van der Waals surface area contributed by atoms with Crippen LogP contribution in [-0.2, 0) is 71.7 Å². The summed E-state index contributed by atoms with van der Waals surface area (Å²) in [5.74, 6) is 2.12. The van der Waals surface area contributed by atoms with Gasteiger partial charge in [-0.2, -0.15) is 0 Å². The minimum Gasteiger partial charge on any atom is -0.496 e. The third-order valence-corrected chi connectivity index (χ3v) is 14.6. The summed E-state index contributed by atoms with van der Waals surface area (Å²) in [5.41, 5.74) is 12.0. The lowest BCUT2D eigenvalue weighted by Gasteiger charge is -2.20. The molecule has 2 aromatic rings. The number of methoxy groups -OCH3 is 5. The third-order valence-electron chi connectivity index (χ3n) is 14.6. The van der Waals surface area contributed by atoms with Crippen molar-refractivity contribution in [1.29, 1.82) is 0 Å². The van der Waals surface area contributed by atoms with Crippen molar-refractivity contribution >= 4 is 107 Å². The van der Waals surface area contributed by atoms with Gasteiger partial charge in [0.25, 0.3) is 0 Å². The molecule has 11 N–H and O–H groups in total. The fourth-order valence-corrected chi connectivity index (χ4v) is 9.34. The largest absolute Gasteiger partial charge is 0.496 e. The maximum atomic E-state index is 11.9. The number of fused-ring (bicyclic) bond motifs is 1. The number of ketones is 2. The van der Waals surface area contributed by atoms with E-state index in [9.17, 15) is 57.5 Å². The summed E-state index contributed by atoms with van der Waals surface area (Å²) < 4.78 is 23.5. The van der Waals surface area contributed by atoms with Crippen molar-refractivity contribution in [3.8, 4) is 42.8 Å². The van der Waals surface area contributed by atoms with Crippen LogP contribution < -0.4 is 37.5 Å². The molecular formula is C62H89Cl2N7O19. The lowest BCUT2D eigenvalue weighted by atomic mass is 9.95. The van der Waals surface area contributed by atoms with Crippen LogP contribution in [0.3, 0.4) is 0 Å². The monoisotopic (exact) mass is 1310 g/mol. The molecule has 2 aliphatic carbocycles. The second-order valence-electron chi connectivity index (χ2n) is 21.2. The number of nitrogens with two attached hydrogens (primary N) is 2. The van der Waals surface area contributed by atoms with Crippen molar-refractivity contribution in [3.05, 3.63) is 30.0 Å². The Morgan fingerprint density at radius 3 is 1.42 bits per heavy atom. The number of carbonyl (C=O) groups excluding carboxylic acids is 10. The highest BCUT2D eigenvalue weighted by atomic mass is 35.5. The van der Waals surface area contributed by atoms with Crippen LogP contribution in [0.2, 0.25) is 0 Å². The van der Waals surface area contributed by atoms with Gasteiger partial charge in [-0.05, 0) is 82.4 Å². The van der Waals surface area contributed by atoms with Crippen LogP contribution >= 0.6 is 24.8 Å². The van der Waals surface area contributed by atoms with Crippen molar-refractivity contribution in [2.45, 2.75) is 141 Å². The number of H-pyrrole nitrogens is 1. The Hall–Kier alpha value is -8.22. The molecule has 4 fully saturated rings. The van der Waals surface area contributed by atoms with Crippen LogP contribution in [0.25, 0.3) is 10.9 Å². The Kier molecular flexibility index (Phi) is 42.0. The number of ether oxygens (including phenoxy) is 5. The van der Waals surface area contributed by atoms with E-state index in [-0.39, 0.29) is 114 Å². The Labute approximate surface area is 537 Å². The van der Waals surface area contributed by atoms with Crippen molar-refractivity contribution < 1.29 is 91.4 Å². The number of nitrogens with one attached hydrogen (secondary N) is 5. The Morgan fingerprint density at radius 2 is 1.04 bits per heavy atom. The standard InChI is InChI=1S/C15H21NO4.C14H20N2O4.C10H9NO3.C9H15NO3.C8H14N2O3.C6H8O2.2ClH/c1-4-6-10(2)14(18)16-12(15(19)20-3)9-11-7-5-8-13(11)17;1-3-5-10(15)13(18)16-11(14(19)20-2)8-9-6-4-7-12(9)17;1-14-9-4-2-3-7-6(9)5-8(11-7)10(12)13;1-6(9(12)13-2)5-7-3-4-10-8(7)11;1-13-8(12)6(9)4-5-2-3-10-7(5)11;1-3-4-5(2)6(7)8;;/h1,10-12H,5-9H2,2-3H3,(H,16,18);1,9-11H,4-8,15H2,2H3,(H,16,18);2-5,11H,1H3,(H,12,13);6-7H,3-5H2,1-2H3,(H,10,11);5-6H,2-4,9H2,1H3,(H,10,11);1,5H,4H2,2H3,(H,7,8);2*1H/t10-,11-,12-;9-,10-,11-;;6-,7-;5-,6-;5-;;/m00.000../s1. The average Bonchev–Trinajstić information content (AvgIpc) is 2.67. The number of aromatic nitrogens is 1. The number of terminal acetylenes is 3. The minimum atomic E-state index is -0.969. The van der Waals surface area contributed by atoms with E-state index in [0.717, 1.165) is 56.0 Å². The van der Waals surface area contributed by atoms with Gasteiger partial charge < -0.3 is 71.6 Å². The molecular weight excluding hydrogens is 1220 g/mol. The molecule has 6 rings (SSSR count). The van der Waals surface area contributed by atoms with Gasteiger partial charge in [0.1, 0.15) is 41.1 Å². The van der Waals surface area contributed by atoms with Crippen LogP contribution in [0.4, 0.5) is 0 Å². The summed E-state index contributed by atoms with van der Waals surface area (Å²) in [6.07, 6.45) is 23.2. The molecule has 3 heterocycles. The predicted octanol–water partition coefficient (Wildman–Crippen LogP) is 3.60. The summed E-state index contributed by atoms with van der Waals surface area (Å²) in [6, 6.07) is 3.79. The van der Waals surface area contributed by atoms with Crippen molar-refractivity contribution in [3.63, 3.8) is 0 Å². The van der Waals surface area contributed by atoms with E-state index < -0.39 is 65.8 Å². The molecule has 2 aliphatic heterocycles. The fraction of sp³-hybridized carbons (Fsp3) is 0.581. The van der Waals surface area contributed by atoms with Gasteiger partial charge >= 0.3 is 35.8 Å². The Bertz CT molecular complexity index is 2720.